The SMILES string of the molecule is COc1c(C(=O)NCc2ccc(F)cc2)n2c(cc1=O)CCC2C(C)S(=O)(=O)O. The Morgan fingerprint density at radius 1 is 1.38 bits per heavy atom. The normalized spacial score (nSPS) is 16.9. The molecule has 2 atom stereocenters. The van der Waals surface area contributed by atoms with Gasteiger partial charge >= 0.3 is 0 Å². The molecule has 1 aromatic heterocycles. The number of rotatable bonds is 6. The van der Waals surface area contributed by atoms with Crippen LogP contribution in [0.1, 0.15) is 41.1 Å². The minimum absolute atomic E-state index is 0.0687. The number of carbonyl (C=O) groups is 1. The second kappa shape index (κ2) is 7.96. The number of ether oxygens (including phenoxy) is 1. The second-order valence-corrected chi connectivity index (χ2v) is 8.66. The van der Waals surface area contributed by atoms with Crippen LogP contribution >= 0.6 is 0 Å². The third kappa shape index (κ3) is 4.18. The first kappa shape index (κ1) is 21.0. The van der Waals surface area contributed by atoms with Gasteiger partial charge in [0.2, 0.25) is 5.43 Å². The van der Waals surface area contributed by atoms with Gasteiger partial charge in [-0.25, -0.2) is 4.39 Å². The Balaban J connectivity index is 2.01. The Bertz CT molecular complexity index is 1090. The van der Waals surface area contributed by atoms with Crippen LogP contribution in [0.2, 0.25) is 0 Å². The first-order chi connectivity index (χ1) is 13.6. The van der Waals surface area contributed by atoms with Gasteiger partial charge in [-0.1, -0.05) is 12.1 Å². The largest absolute Gasteiger partial charge is 0.491 e. The van der Waals surface area contributed by atoms with E-state index in [1.165, 1.54) is 48.9 Å². The number of hydrogen-bond acceptors (Lipinski definition) is 5. The van der Waals surface area contributed by atoms with Crippen molar-refractivity contribution in [2.75, 3.05) is 7.11 Å². The summed E-state index contributed by atoms with van der Waals surface area (Å²) < 4.78 is 52.5. The summed E-state index contributed by atoms with van der Waals surface area (Å²) in [5.41, 5.74) is 0.533. The number of nitrogens with one attached hydrogen (secondary N) is 1. The first-order valence-corrected chi connectivity index (χ1v) is 10.4. The molecule has 0 radical (unpaired) electrons. The average Bonchev–Trinajstić information content (AvgIpc) is 3.07. The van der Waals surface area contributed by atoms with E-state index in [4.69, 9.17) is 4.74 Å². The van der Waals surface area contributed by atoms with Gasteiger partial charge in [0.1, 0.15) is 11.1 Å². The zero-order valence-electron chi connectivity index (χ0n) is 15.9. The molecule has 0 saturated heterocycles. The molecule has 1 aliphatic heterocycles. The van der Waals surface area contributed by atoms with Crippen LogP contribution in [0.4, 0.5) is 4.39 Å². The minimum Gasteiger partial charge on any atom is -0.491 e. The van der Waals surface area contributed by atoms with E-state index in [2.05, 4.69) is 5.32 Å². The van der Waals surface area contributed by atoms with Crippen LogP contribution < -0.4 is 15.5 Å². The molecule has 0 saturated carbocycles. The zero-order valence-corrected chi connectivity index (χ0v) is 16.7. The van der Waals surface area contributed by atoms with E-state index in [9.17, 15) is 27.0 Å². The highest BCUT2D eigenvalue weighted by Crippen LogP contribution is 2.34. The van der Waals surface area contributed by atoms with Gasteiger partial charge in [-0.15, -0.1) is 0 Å². The number of aromatic nitrogens is 1. The summed E-state index contributed by atoms with van der Waals surface area (Å²) in [6, 6.07) is 6.12. The number of aryl methyl sites for hydroxylation is 1. The maximum atomic E-state index is 13.0. The molecule has 8 nitrogen and oxygen atoms in total. The number of amides is 1. The fraction of sp³-hybridized carbons (Fsp3) is 0.368. The molecule has 156 valence electrons. The average molecular weight is 424 g/mol. The molecule has 0 fully saturated rings. The molecule has 29 heavy (non-hydrogen) atoms. The molecule has 0 aliphatic carbocycles. The lowest BCUT2D eigenvalue weighted by Crippen LogP contribution is -2.34. The van der Waals surface area contributed by atoms with Crippen LogP contribution in [-0.4, -0.2) is 35.8 Å². The molecule has 2 unspecified atom stereocenters. The predicted octanol–water partition coefficient (Wildman–Crippen LogP) is 1.69. The van der Waals surface area contributed by atoms with Crippen molar-refractivity contribution in [2.45, 2.75) is 37.6 Å². The van der Waals surface area contributed by atoms with Crippen molar-refractivity contribution in [3.63, 3.8) is 0 Å². The number of pyridine rings is 1. The van der Waals surface area contributed by atoms with Crippen LogP contribution in [0.5, 0.6) is 5.75 Å². The van der Waals surface area contributed by atoms with E-state index in [0.29, 0.717) is 24.1 Å². The monoisotopic (exact) mass is 424 g/mol. The lowest BCUT2D eigenvalue weighted by Gasteiger charge is -2.24. The van der Waals surface area contributed by atoms with E-state index in [1.807, 2.05) is 0 Å². The molecule has 1 aliphatic rings. The van der Waals surface area contributed by atoms with Crippen LogP contribution in [0.15, 0.2) is 35.1 Å². The summed E-state index contributed by atoms with van der Waals surface area (Å²) in [6.45, 7) is 1.42. The van der Waals surface area contributed by atoms with E-state index in [-0.39, 0.29) is 18.0 Å². The summed E-state index contributed by atoms with van der Waals surface area (Å²) in [5, 5.41) is 1.47. The Morgan fingerprint density at radius 3 is 2.62 bits per heavy atom. The van der Waals surface area contributed by atoms with Crippen LogP contribution in [-0.2, 0) is 23.1 Å². The van der Waals surface area contributed by atoms with E-state index in [1.54, 1.807) is 0 Å². The van der Waals surface area contributed by atoms with Crippen molar-refractivity contribution in [3.8, 4) is 5.75 Å². The number of methoxy groups -OCH3 is 1. The summed E-state index contributed by atoms with van der Waals surface area (Å²) in [5.74, 6) is -1.25. The Hall–Kier alpha value is -2.72. The number of halogens is 1. The Labute approximate surface area is 167 Å². The number of nitrogens with zero attached hydrogens (tertiary/aromatic N) is 1. The lowest BCUT2D eigenvalue weighted by atomic mass is 10.1. The highest BCUT2D eigenvalue weighted by atomic mass is 32.2. The number of benzene rings is 1. The van der Waals surface area contributed by atoms with Gasteiger partial charge in [0.25, 0.3) is 16.0 Å². The van der Waals surface area contributed by atoms with Gasteiger partial charge in [0, 0.05) is 18.3 Å². The summed E-state index contributed by atoms with van der Waals surface area (Å²) in [7, 11) is -3.12. The fourth-order valence-electron chi connectivity index (χ4n) is 3.57. The molecule has 1 amide bonds. The predicted molar refractivity (Wildman–Crippen MR) is 103 cm³/mol. The number of hydrogen-bond donors (Lipinski definition) is 2. The van der Waals surface area contributed by atoms with Gasteiger partial charge in [-0.05, 0) is 37.5 Å². The standard InChI is InChI=1S/C19H21FN2O6S/c1-11(29(25,26)27)15-8-7-14-9-16(23)18(28-2)17(22(14)15)19(24)21-10-12-3-5-13(20)6-4-12/h3-6,9,11,15H,7-8,10H2,1-2H3,(H,21,24)(H,25,26,27). The molecule has 2 heterocycles. The Kier molecular flexibility index (Phi) is 5.76. The van der Waals surface area contributed by atoms with Crippen molar-refractivity contribution >= 4 is 16.0 Å². The Morgan fingerprint density at radius 2 is 2.03 bits per heavy atom. The maximum Gasteiger partial charge on any atom is 0.272 e. The van der Waals surface area contributed by atoms with Crippen LogP contribution in [0.25, 0.3) is 0 Å². The van der Waals surface area contributed by atoms with Gasteiger partial charge in [0.15, 0.2) is 11.4 Å². The fourth-order valence-corrected chi connectivity index (χ4v) is 4.23. The quantitative estimate of drug-likeness (QED) is 0.682. The molecule has 0 bridgehead atoms. The van der Waals surface area contributed by atoms with Gasteiger partial charge in [-0.2, -0.15) is 8.42 Å². The molecular weight excluding hydrogens is 403 g/mol. The van der Waals surface area contributed by atoms with Gasteiger partial charge < -0.3 is 14.6 Å². The molecule has 3 rings (SSSR count). The third-order valence-electron chi connectivity index (χ3n) is 5.11. The van der Waals surface area contributed by atoms with Crippen LogP contribution in [0, 0.1) is 5.82 Å². The maximum absolute atomic E-state index is 13.0. The summed E-state index contributed by atoms with van der Waals surface area (Å²) >= 11 is 0. The molecule has 10 heteroatoms. The van der Waals surface area contributed by atoms with Crippen molar-refractivity contribution in [2.24, 2.45) is 0 Å². The zero-order chi connectivity index (χ0) is 21.3. The van der Waals surface area contributed by atoms with Crippen molar-refractivity contribution in [1.29, 1.82) is 0 Å². The third-order valence-corrected chi connectivity index (χ3v) is 6.37. The number of carbonyl (C=O) groups excluding carboxylic acids is 1. The highest BCUT2D eigenvalue weighted by molar-refractivity contribution is 7.86. The molecule has 2 aromatic rings. The van der Waals surface area contributed by atoms with Crippen molar-refractivity contribution in [1.82, 2.24) is 9.88 Å². The van der Waals surface area contributed by atoms with Crippen molar-refractivity contribution in [3.05, 3.63) is 63.3 Å². The summed E-state index contributed by atoms with van der Waals surface area (Å²) in [6.07, 6.45) is 0.716. The van der Waals surface area contributed by atoms with E-state index in [0.717, 1.165) is 0 Å². The smallest absolute Gasteiger partial charge is 0.272 e. The number of fused-ring (bicyclic) bond motifs is 1. The van der Waals surface area contributed by atoms with Crippen molar-refractivity contribution < 1.29 is 26.9 Å². The molecule has 1 aromatic carbocycles. The molecular formula is C19H21FN2O6S. The molecule has 0 spiro atoms. The van der Waals surface area contributed by atoms with Crippen LogP contribution in [0.3, 0.4) is 0 Å². The molecule has 2 N–H and O–H groups in total. The van der Waals surface area contributed by atoms with Gasteiger partial charge in [-0.3, -0.25) is 14.1 Å². The lowest BCUT2D eigenvalue weighted by molar-refractivity contribution is 0.0934. The minimum atomic E-state index is -4.37. The summed E-state index contributed by atoms with van der Waals surface area (Å²) in [4.78, 5) is 25.4. The van der Waals surface area contributed by atoms with E-state index >= 15 is 0 Å². The van der Waals surface area contributed by atoms with Gasteiger partial charge in [0.05, 0.1) is 13.2 Å². The highest BCUT2D eigenvalue weighted by Gasteiger charge is 2.37. The van der Waals surface area contributed by atoms with E-state index < -0.39 is 38.6 Å². The second-order valence-electron chi connectivity index (χ2n) is 6.89. The first-order valence-electron chi connectivity index (χ1n) is 8.94. The topological polar surface area (TPSA) is 115 Å².